The zero-order valence-corrected chi connectivity index (χ0v) is 22.4. The molecule has 0 N–H and O–H groups in total. The fraction of sp³-hybridized carbons (Fsp3) is 0.833. The number of fused-ring (bicyclic) bond motifs is 1. The molecule has 0 unspecified atom stereocenters. The third kappa shape index (κ3) is 9.31. The van der Waals surface area contributed by atoms with Crippen LogP contribution in [0.25, 0.3) is 0 Å². The number of ether oxygens (including phenoxy) is 2. The van der Waals surface area contributed by atoms with Crippen LogP contribution < -0.4 is 0 Å². The molecule has 1 aromatic rings. The van der Waals surface area contributed by atoms with Gasteiger partial charge in [-0.3, -0.25) is 0 Å². The summed E-state index contributed by atoms with van der Waals surface area (Å²) in [4.78, 5) is 0. The molecule has 0 aromatic carbocycles. The molecule has 5 heteroatoms. The minimum absolute atomic E-state index is 0.191. The largest absolute Gasteiger partial charge is 0.375 e. The Balaban J connectivity index is 1.78. The molecule has 1 aromatic heterocycles. The van der Waals surface area contributed by atoms with Gasteiger partial charge >= 0.3 is 0 Å². The van der Waals surface area contributed by atoms with Gasteiger partial charge in [-0.05, 0) is 55.8 Å². The molecule has 1 aliphatic carbocycles. The van der Waals surface area contributed by atoms with Crippen LogP contribution in [0.5, 0.6) is 0 Å². The van der Waals surface area contributed by atoms with Crippen molar-refractivity contribution in [2.45, 2.75) is 116 Å². The monoisotopic (exact) mass is 550 g/mol. The van der Waals surface area contributed by atoms with Crippen LogP contribution >= 0.6 is 43.2 Å². The molecule has 0 saturated carbocycles. The van der Waals surface area contributed by atoms with Crippen molar-refractivity contribution < 1.29 is 9.47 Å². The van der Waals surface area contributed by atoms with E-state index in [1.807, 2.05) is 0 Å². The maximum atomic E-state index is 6.38. The van der Waals surface area contributed by atoms with Crippen molar-refractivity contribution >= 4 is 43.2 Å². The molecule has 168 valence electrons. The Labute approximate surface area is 199 Å². The third-order valence-corrected chi connectivity index (χ3v) is 8.68. The second-order valence-electron chi connectivity index (χ2n) is 8.37. The van der Waals surface area contributed by atoms with Gasteiger partial charge in [-0.1, -0.05) is 78.1 Å². The molecule has 0 bridgehead atoms. The van der Waals surface area contributed by atoms with Crippen molar-refractivity contribution in [3.8, 4) is 0 Å². The molecule has 29 heavy (non-hydrogen) atoms. The van der Waals surface area contributed by atoms with Gasteiger partial charge in [-0.15, -0.1) is 11.3 Å². The lowest BCUT2D eigenvalue weighted by molar-refractivity contribution is -0.0784. The minimum Gasteiger partial charge on any atom is -0.375 e. The topological polar surface area (TPSA) is 18.5 Å². The van der Waals surface area contributed by atoms with E-state index in [9.17, 15) is 0 Å². The van der Waals surface area contributed by atoms with Gasteiger partial charge in [0.15, 0.2) is 0 Å². The minimum atomic E-state index is 0.191. The summed E-state index contributed by atoms with van der Waals surface area (Å²) < 4.78 is 15.3. The Kier molecular flexibility index (Phi) is 13.7. The van der Waals surface area contributed by atoms with E-state index in [0.29, 0.717) is 0 Å². The fourth-order valence-corrected chi connectivity index (χ4v) is 7.32. The van der Waals surface area contributed by atoms with Crippen molar-refractivity contribution in [2.24, 2.45) is 0 Å². The number of rotatable bonds is 16. The molecule has 0 aliphatic heterocycles. The predicted octanol–water partition coefficient (Wildman–Crippen LogP) is 8.86. The van der Waals surface area contributed by atoms with Crippen LogP contribution in [0, 0.1) is 0 Å². The van der Waals surface area contributed by atoms with Crippen LogP contribution in [-0.4, -0.2) is 25.4 Å². The van der Waals surface area contributed by atoms with Crippen molar-refractivity contribution in [2.75, 3.05) is 13.2 Å². The second kappa shape index (κ2) is 15.4. The summed E-state index contributed by atoms with van der Waals surface area (Å²) in [5, 5.41) is 0. The lowest BCUT2D eigenvalue weighted by Crippen LogP contribution is -2.39. The summed E-state index contributed by atoms with van der Waals surface area (Å²) in [7, 11) is 0. The maximum absolute atomic E-state index is 6.38. The van der Waals surface area contributed by atoms with Gasteiger partial charge in [0.1, 0.15) is 0 Å². The second-order valence-corrected chi connectivity index (χ2v) is 12.0. The van der Waals surface area contributed by atoms with Crippen LogP contribution in [0.4, 0.5) is 0 Å². The zero-order valence-electron chi connectivity index (χ0n) is 18.4. The summed E-state index contributed by atoms with van der Waals surface area (Å²) >= 11 is 9.30. The SMILES string of the molecule is CCCCCCCCO[C@H]1Cc2c(Br)sc(Br)c2C[C@@H]1OCCCCCCCC. The smallest absolute Gasteiger partial charge is 0.0880 e. The van der Waals surface area contributed by atoms with Crippen LogP contribution in [0.2, 0.25) is 0 Å². The number of halogens is 2. The normalized spacial score (nSPS) is 18.9. The molecular weight excluding hydrogens is 512 g/mol. The first-order valence-corrected chi connectivity index (χ1v) is 14.3. The van der Waals surface area contributed by atoms with Crippen LogP contribution in [0.3, 0.4) is 0 Å². The van der Waals surface area contributed by atoms with E-state index in [0.717, 1.165) is 26.1 Å². The Morgan fingerprint density at radius 2 is 1.03 bits per heavy atom. The fourth-order valence-electron chi connectivity index (χ4n) is 4.08. The average molecular weight is 552 g/mol. The Morgan fingerprint density at radius 1 is 0.655 bits per heavy atom. The average Bonchev–Trinajstić information content (AvgIpc) is 2.99. The van der Waals surface area contributed by atoms with Gasteiger partial charge in [0.2, 0.25) is 0 Å². The summed E-state index contributed by atoms with van der Waals surface area (Å²) in [5.74, 6) is 0. The number of unbranched alkanes of at least 4 members (excludes halogenated alkanes) is 10. The molecule has 0 saturated heterocycles. The van der Waals surface area contributed by atoms with Crippen molar-refractivity contribution in [1.29, 1.82) is 0 Å². The molecule has 1 aliphatic rings. The van der Waals surface area contributed by atoms with Gasteiger partial charge in [-0.2, -0.15) is 0 Å². The lowest BCUT2D eigenvalue weighted by atomic mass is 9.90. The quantitative estimate of drug-likeness (QED) is 0.191. The summed E-state index contributed by atoms with van der Waals surface area (Å²) in [6, 6.07) is 0. The van der Waals surface area contributed by atoms with Gasteiger partial charge in [0.25, 0.3) is 0 Å². The molecule has 0 spiro atoms. The van der Waals surface area contributed by atoms with E-state index < -0.39 is 0 Å². The van der Waals surface area contributed by atoms with Gasteiger partial charge in [0.05, 0.1) is 19.8 Å². The molecule has 2 atom stereocenters. The first-order valence-electron chi connectivity index (χ1n) is 11.9. The maximum Gasteiger partial charge on any atom is 0.0880 e. The standard InChI is InChI=1S/C24H40Br2O2S/c1-3-5-7-9-11-13-15-27-21-17-19-20(24(26)29-23(19)25)18-22(21)28-16-14-12-10-8-6-4-2/h21-22H,3-18H2,1-2H3/t21-,22-/m0/s1. The van der Waals surface area contributed by atoms with Crippen molar-refractivity contribution in [3.63, 3.8) is 0 Å². The number of hydrogen-bond donors (Lipinski definition) is 0. The lowest BCUT2D eigenvalue weighted by Gasteiger charge is -2.32. The summed E-state index contributed by atoms with van der Waals surface area (Å²) in [6.45, 7) is 6.28. The summed E-state index contributed by atoms with van der Waals surface area (Å²) in [6.07, 6.45) is 18.0. The van der Waals surface area contributed by atoms with Crippen molar-refractivity contribution in [3.05, 3.63) is 18.7 Å². The van der Waals surface area contributed by atoms with E-state index in [4.69, 9.17) is 9.47 Å². The van der Waals surface area contributed by atoms with Gasteiger partial charge in [-0.25, -0.2) is 0 Å². The van der Waals surface area contributed by atoms with E-state index in [-0.39, 0.29) is 12.2 Å². The van der Waals surface area contributed by atoms with Gasteiger partial charge < -0.3 is 9.47 Å². The molecule has 0 radical (unpaired) electrons. The third-order valence-electron chi connectivity index (χ3n) is 5.90. The molecule has 1 heterocycles. The predicted molar refractivity (Wildman–Crippen MR) is 133 cm³/mol. The highest BCUT2D eigenvalue weighted by atomic mass is 79.9. The van der Waals surface area contributed by atoms with Crippen molar-refractivity contribution in [1.82, 2.24) is 0 Å². The van der Waals surface area contributed by atoms with Crippen LogP contribution in [0.1, 0.15) is 102 Å². The first-order chi connectivity index (χ1) is 14.2. The number of thiophene rings is 1. The Morgan fingerprint density at radius 3 is 1.45 bits per heavy atom. The Bertz CT molecular complexity index is 515. The highest BCUT2D eigenvalue weighted by Gasteiger charge is 2.33. The zero-order chi connectivity index (χ0) is 20.9. The van der Waals surface area contributed by atoms with E-state index in [1.165, 1.54) is 95.7 Å². The molecule has 0 fully saturated rings. The molecular formula is C24H40Br2O2S. The molecule has 0 amide bonds. The molecule has 2 nitrogen and oxygen atoms in total. The highest BCUT2D eigenvalue weighted by molar-refractivity contribution is 9.12. The van der Waals surface area contributed by atoms with E-state index >= 15 is 0 Å². The number of hydrogen-bond acceptors (Lipinski definition) is 3. The van der Waals surface area contributed by atoms with Gasteiger partial charge in [0, 0.05) is 26.1 Å². The Hall–Kier alpha value is 0.580. The van der Waals surface area contributed by atoms with E-state index in [1.54, 1.807) is 11.3 Å². The summed E-state index contributed by atoms with van der Waals surface area (Å²) in [5.41, 5.74) is 2.85. The first kappa shape index (κ1) is 25.8. The van der Waals surface area contributed by atoms with Crippen LogP contribution in [0.15, 0.2) is 7.57 Å². The van der Waals surface area contributed by atoms with Crippen LogP contribution in [-0.2, 0) is 22.3 Å². The highest BCUT2D eigenvalue weighted by Crippen LogP contribution is 2.42. The molecule has 2 rings (SSSR count). The van der Waals surface area contributed by atoms with E-state index in [2.05, 4.69) is 45.7 Å².